The second-order valence-corrected chi connectivity index (χ2v) is 8.84. The molecule has 2 heterocycles. The third-order valence-corrected chi connectivity index (χ3v) is 6.53. The summed E-state index contributed by atoms with van der Waals surface area (Å²) in [6, 6.07) is 4.22. The van der Waals surface area contributed by atoms with Gasteiger partial charge in [0, 0.05) is 41.8 Å². The molecule has 3 aliphatic rings. The lowest BCUT2D eigenvalue weighted by Gasteiger charge is -2.18. The molecule has 5 rings (SSSR count). The van der Waals surface area contributed by atoms with Crippen molar-refractivity contribution in [3.63, 3.8) is 0 Å². The van der Waals surface area contributed by atoms with Gasteiger partial charge in [0.15, 0.2) is 11.5 Å². The van der Waals surface area contributed by atoms with E-state index in [0.717, 1.165) is 62.0 Å². The van der Waals surface area contributed by atoms with Crippen LogP contribution in [0.4, 0.5) is 5.69 Å². The van der Waals surface area contributed by atoms with Crippen molar-refractivity contribution in [2.24, 2.45) is 11.8 Å². The van der Waals surface area contributed by atoms with Crippen molar-refractivity contribution in [1.82, 2.24) is 9.88 Å². The summed E-state index contributed by atoms with van der Waals surface area (Å²) >= 11 is 0. The quantitative estimate of drug-likeness (QED) is 0.789. The number of aromatic nitrogens is 1. The summed E-state index contributed by atoms with van der Waals surface area (Å²) in [7, 11) is 3.91. The van der Waals surface area contributed by atoms with Crippen molar-refractivity contribution < 1.29 is 9.47 Å². The second-order valence-electron chi connectivity index (χ2n) is 8.84. The molecular weight excluding hydrogens is 350 g/mol. The largest absolute Gasteiger partial charge is 0.493 e. The van der Waals surface area contributed by atoms with Crippen molar-refractivity contribution in [2.75, 3.05) is 45.7 Å². The number of benzene rings is 1. The van der Waals surface area contributed by atoms with Crippen molar-refractivity contribution in [3.8, 4) is 11.5 Å². The Morgan fingerprint density at radius 3 is 2.79 bits per heavy atom. The van der Waals surface area contributed by atoms with Crippen LogP contribution in [0.5, 0.6) is 11.5 Å². The van der Waals surface area contributed by atoms with Crippen molar-refractivity contribution in [2.45, 2.75) is 38.5 Å². The molecule has 5 nitrogen and oxygen atoms in total. The molecule has 0 spiro atoms. The number of ether oxygens (including phenoxy) is 2. The van der Waals surface area contributed by atoms with Crippen LogP contribution in [-0.4, -0.2) is 50.3 Å². The number of nitrogens with zero attached hydrogens (tertiary/aromatic N) is 2. The topological polar surface area (TPSA) is 46.6 Å². The van der Waals surface area contributed by atoms with E-state index >= 15 is 0 Å². The van der Waals surface area contributed by atoms with Gasteiger partial charge in [-0.2, -0.15) is 0 Å². The maximum Gasteiger partial charge on any atom is 0.163 e. The molecule has 1 saturated carbocycles. The van der Waals surface area contributed by atoms with Gasteiger partial charge in [0.25, 0.3) is 0 Å². The van der Waals surface area contributed by atoms with Gasteiger partial charge in [-0.1, -0.05) is 0 Å². The average molecular weight is 382 g/mol. The van der Waals surface area contributed by atoms with Crippen LogP contribution < -0.4 is 14.8 Å². The molecule has 1 aliphatic heterocycles. The Morgan fingerprint density at radius 2 is 2.04 bits per heavy atom. The van der Waals surface area contributed by atoms with E-state index in [-0.39, 0.29) is 0 Å². The summed E-state index contributed by atoms with van der Waals surface area (Å²) in [6.45, 7) is 4.08. The highest BCUT2D eigenvalue weighted by molar-refractivity contribution is 5.96. The molecule has 2 aromatic rings. The number of fused-ring (bicyclic) bond motifs is 2. The van der Waals surface area contributed by atoms with Crippen LogP contribution >= 0.6 is 0 Å². The van der Waals surface area contributed by atoms with E-state index in [4.69, 9.17) is 14.5 Å². The van der Waals surface area contributed by atoms with Gasteiger partial charge in [0.1, 0.15) is 0 Å². The summed E-state index contributed by atoms with van der Waals surface area (Å²) < 4.78 is 11.9. The lowest BCUT2D eigenvalue weighted by atomic mass is 10.1. The Kier molecular flexibility index (Phi) is 4.79. The average Bonchev–Trinajstić information content (AvgIpc) is 3.25. The van der Waals surface area contributed by atoms with Gasteiger partial charge in [-0.3, -0.25) is 4.98 Å². The Morgan fingerprint density at radius 1 is 1.14 bits per heavy atom. The van der Waals surface area contributed by atoms with E-state index in [9.17, 15) is 0 Å². The van der Waals surface area contributed by atoms with E-state index in [0.29, 0.717) is 5.92 Å². The first-order valence-corrected chi connectivity index (χ1v) is 10.8. The van der Waals surface area contributed by atoms with Crippen molar-refractivity contribution >= 4 is 16.6 Å². The van der Waals surface area contributed by atoms with E-state index in [1.807, 2.05) is 0 Å². The number of likely N-dealkylation sites (tertiary alicyclic amines) is 1. The molecule has 1 aromatic carbocycles. The molecule has 2 aliphatic carbocycles. The molecule has 1 unspecified atom stereocenters. The van der Waals surface area contributed by atoms with Crippen LogP contribution in [0, 0.1) is 11.8 Å². The summed E-state index contributed by atoms with van der Waals surface area (Å²) in [4.78, 5) is 7.37. The minimum Gasteiger partial charge on any atom is -0.493 e. The molecule has 5 heteroatoms. The highest BCUT2D eigenvalue weighted by Crippen LogP contribution is 2.40. The van der Waals surface area contributed by atoms with Crippen LogP contribution in [0.1, 0.15) is 36.9 Å². The van der Waals surface area contributed by atoms with Gasteiger partial charge in [-0.25, -0.2) is 0 Å². The number of pyridine rings is 1. The zero-order valence-corrected chi connectivity index (χ0v) is 17.1. The molecule has 1 aromatic heterocycles. The highest BCUT2D eigenvalue weighted by atomic mass is 16.5. The van der Waals surface area contributed by atoms with Gasteiger partial charge in [0.05, 0.1) is 19.2 Å². The number of rotatable bonds is 7. The molecular formula is C23H31N3O2. The molecule has 28 heavy (non-hydrogen) atoms. The third-order valence-electron chi connectivity index (χ3n) is 6.53. The van der Waals surface area contributed by atoms with Gasteiger partial charge in [-0.05, 0) is 69.7 Å². The van der Waals surface area contributed by atoms with Crippen LogP contribution in [-0.2, 0) is 12.8 Å². The summed E-state index contributed by atoms with van der Waals surface area (Å²) in [6.07, 6.45) is 7.33. The molecule has 1 atom stereocenters. The van der Waals surface area contributed by atoms with Crippen molar-refractivity contribution in [1.29, 1.82) is 0 Å². The van der Waals surface area contributed by atoms with Gasteiger partial charge < -0.3 is 19.7 Å². The summed E-state index contributed by atoms with van der Waals surface area (Å²) in [5.41, 5.74) is 4.99. The molecule has 0 amide bonds. The van der Waals surface area contributed by atoms with Crippen LogP contribution in [0.15, 0.2) is 12.1 Å². The van der Waals surface area contributed by atoms with Gasteiger partial charge >= 0.3 is 0 Å². The molecule has 150 valence electrons. The van der Waals surface area contributed by atoms with Crippen molar-refractivity contribution in [3.05, 3.63) is 23.4 Å². The Labute approximate surface area is 167 Å². The minimum absolute atomic E-state index is 0.592. The fourth-order valence-corrected chi connectivity index (χ4v) is 4.68. The Balaban J connectivity index is 1.47. The van der Waals surface area contributed by atoms with E-state index in [1.54, 1.807) is 7.11 Å². The first kappa shape index (κ1) is 18.0. The standard InChI is InChI=1S/C23H31N3O2/c1-26-9-8-16(13-26)14-28-22-11-20-18(10-21(22)27-2)23(24-12-15-6-7-15)17-4-3-5-19(17)25-20/h10-11,15-16H,3-9,12-14H2,1-2H3,(H,24,25). The number of anilines is 1. The first-order valence-electron chi connectivity index (χ1n) is 10.8. The minimum atomic E-state index is 0.592. The van der Waals surface area contributed by atoms with Crippen LogP contribution in [0.3, 0.4) is 0 Å². The monoisotopic (exact) mass is 381 g/mol. The predicted molar refractivity (Wildman–Crippen MR) is 113 cm³/mol. The highest BCUT2D eigenvalue weighted by Gasteiger charge is 2.25. The van der Waals surface area contributed by atoms with E-state index in [1.165, 1.54) is 48.0 Å². The summed E-state index contributed by atoms with van der Waals surface area (Å²) in [5, 5.41) is 4.93. The maximum absolute atomic E-state index is 6.22. The Hall–Kier alpha value is -2.01. The van der Waals surface area contributed by atoms with E-state index in [2.05, 4.69) is 29.4 Å². The molecule has 0 radical (unpaired) electrons. The van der Waals surface area contributed by atoms with Gasteiger partial charge in [0.2, 0.25) is 0 Å². The van der Waals surface area contributed by atoms with E-state index < -0.39 is 0 Å². The number of methoxy groups -OCH3 is 1. The first-order chi connectivity index (χ1) is 13.7. The lowest BCUT2D eigenvalue weighted by Crippen LogP contribution is -2.18. The smallest absolute Gasteiger partial charge is 0.163 e. The number of hydrogen-bond acceptors (Lipinski definition) is 5. The Bertz CT molecular complexity index is 878. The van der Waals surface area contributed by atoms with Crippen LogP contribution in [0.25, 0.3) is 10.9 Å². The predicted octanol–water partition coefficient (Wildman–Crippen LogP) is 3.88. The molecule has 0 bridgehead atoms. The molecule has 1 N–H and O–H groups in total. The molecule has 1 saturated heterocycles. The SMILES string of the molecule is COc1cc2c(NCC3CC3)c3c(nc2cc1OCC1CCN(C)C1)CCC3. The third kappa shape index (κ3) is 3.52. The second kappa shape index (κ2) is 7.43. The fourth-order valence-electron chi connectivity index (χ4n) is 4.68. The number of hydrogen-bond donors (Lipinski definition) is 1. The van der Waals surface area contributed by atoms with Crippen LogP contribution in [0.2, 0.25) is 0 Å². The van der Waals surface area contributed by atoms with Gasteiger partial charge in [-0.15, -0.1) is 0 Å². The zero-order chi connectivity index (χ0) is 19.1. The zero-order valence-electron chi connectivity index (χ0n) is 17.1. The fraction of sp³-hybridized carbons (Fsp3) is 0.609. The maximum atomic E-state index is 6.22. The summed E-state index contributed by atoms with van der Waals surface area (Å²) in [5.74, 6) is 3.07. The number of nitrogens with one attached hydrogen (secondary N) is 1. The normalized spacial score (nSPS) is 21.9. The lowest BCUT2D eigenvalue weighted by molar-refractivity contribution is 0.239. The number of aryl methyl sites for hydroxylation is 1. The molecule has 2 fully saturated rings.